The molecule has 0 aliphatic heterocycles. The Hall–Kier alpha value is -0.680. The summed E-state index contributed by atoms with van der Waals surface area (Å²) in [4.78, 5) is 30.6. The quantitative estimate of drug-likeness (QED) is 0.307. The number of carbonyl (C=O) groups is 1. The van der Waals surface area contributed by atoms with Crippen LogP contribution in [-0.4, -0.2) is 28.1 Å². The van der Waals surface area contributed by atoms with Crippen LogP contribution < -0.4 is 5.32 Å². The number of rotatable bonds is 2. The summed E-state index contributed by atoms with van der Waals surface area (Å²) in [5.41, 5.74) is 0. The minimum Gasteiger partial charge on any atom is -0.362 e. The third-order valence-corrected chi connectivity index (χ3v) is 0.589. The largest absolute Gasteiger partial charge is 0.466 e. The number of carbonyl (C=O) groups excluding carboxylic acids is 1. The normalized spacial score (nSPS) is 8.79. The van der Waals surface area contributed by atoms with Crippen molar-refractivity contribution in [2.75, 3.05) is 7.05 Å². The Balaban J connectivity index is -0.000000131. The van der Waals surface area contributed by atoms with Crippen molar-refractivity contribution < 1.29 is 24.0 Å². The predicted octanol–water partition coefficient (Wildman–Crippen LogP) is 0.262. The SMILES string of the molecule is C=CC(C)C.CNC=O.O=P(O)(O)O. The van der Waals surface area contributed by atoms with Crippen LogP contribution in [0.15, 0.2) is 12.7 Å². The van der Waals surface area contributed by atoms with E-state index in [1.54, 1.807) is 7.05 Å². The summed E-state index contributed by atoms with van der Waals surface area (Å²) >= 11 is 0. The van der Waals surface area contributed by atoms with Crippen LogP contribution >= 0.6 is 7.82 Å². The molecule has 0 fully saturated rings. The lowest BCUT2D eigenvalue weighted by Gasteiger charge is -1.84. The van der Waals surface area contributed by atoms with Gasteiger partial charge in [0.1, 0.15) is 0 Å². The topological polar surface area (TPSA) is 107 Å². The van der Waals surface area contributed by atoms with Crippen LogP contribution in [0.3, 0.4) is 0 Å². The van der Waals surface area contributed by atoms with E-state index in [9.17, 15) is 0 Å². The highest BCUT2D eigenvalue weighted by Gasteiger charge is 2.00. The number of hydrogen-bond donors (Lipinski definition) is 4. The summed E-state index contributed by atoms with van der Waals surface area (Å²) in [6.07, 6.45) is 2.54. The maximum Gasteiger partial charge on any atom is 0.466 e. The molecule has 0 spiro atoms. The fourth-order valence-electron chi connectivity index (χ4n) is 0. The Kier molecular flexibility index (Phi) is 16.7. The maximum atomic E-state index is 9.06. The third kappa shape index (κ3) is 224. The Morgan fingerprint density at radius 2 is 1.50 bits per heavy atom. The standard InChI is InChI=1S/C5H10.C2H5NO.H3O4P/c1-4-5(2)3;1-3-2-4;1-5(2,3)4/h4-5H,1H2,2-3H3;2H,1H3,(H,3,4);(H3,1,2,3,4). The molecule has 0 aromatic heterocycles. The van der Waals surface area contributed by atoms with Crippen LogP contribution in [0.4, 0.5) is 0 Å². The number of hydrogen-bond acceptors (Lipinski definition) is 2. The molecule has 7 heteroatoms. The molecular weight excluding hydrogens is 209 g/mol. The molecule has 0 saturated heterocycles. The Morgan fingerprint density at radius 1 is 1.36 bits per heavy atom. The molecule has 86 valence electrons. The smallest absolute Gasteiger partial charge is 0.362 e. The molecule has 0 aromatic carbocycles. The minimum atomic E-state index is -4.64. The summed E-state index contributed by atoms with van der Waals surface area (Å²) in [6, 6.07) is 0. The fourth-order valence-corrected chi connectivity index (χ4v) is 0. The van der Waals surface area contributed by atoms with Crippen LogP contribution in [-0.2, 0) is 9.36 Å². The molecule has 0 aliphatic carbocycles. The summed E-state index contributed by atoms with van der Waals surface area (Å²) in [5, 5.41) is 2.25. The molecule has 1 amide bonds. The highest BCUT2D eigenvalue weighted by Crippen LogP contribution is 2.25. The second-order valence-corrected chi connectivity index (χ2v) is 3.43. The zero-order chi connectivity index (χ0) is 12.2. The monoisotopic (exact) mass is 227 g/mol. The molecule has 0 heterocycles. The van der Waals surface area contributed by atoms with E-state index in [0.717, 1.165) is 0 Å². The van der Waals surface area contributed by atoms with Gasteiger partial charge in [-0.2, -0.15) is 0 Å². The highest BCUT2D eigenvalue weighted by atomic mass is 31.2. The zero-order valence-corrected chi connectivity index (χ0v) is 9.44. The van der Waals surface area contributed by atoms with Crippen molar-refractivity contribution in [1.29, 1.82) is 0 Å². The van der Waals surface area contributed by atoms with Gasteiger partial charge in [0.05, 0.1) is 0 Å². The Labute approximate surface area is 83.9 Å². The molecule has 6 nitrogen and oxygen atoms in total. The van der Waals surface area contributed by atoms with Crippen molar-refractivity contribution >= 4 is 14.2 Å². The fraction of sp³-hybridized carbons (Fsp3) is 0.571. The lowest BCUT2D eigenvalue weighted by molar-refractivity contribution is -0.109. The van der Waals surface area contributed by atoms with E-state index in [1.807, 2.05) is 6.08 Å². The van der Waals surface area contributed by atoms with Gasteiger partial charge in [-0.15, -0.1) is 6.58 Å². The van der Waals surface area contributed by atoms with Crippen LogP contribution in [0, 0.1) is 5.92 Å². The van der Waals surface area contributed by atoms with E-state index in [0.29, 0.717) is 12.3 Å². The minimum absolute atomic E-state index is 0.625. The van der Waals surface area contributed by atoms with E-state index in [4.69, 9.17) is 24.0 Å². The predicted molar refractivity (Wildman–Crippen MR) is 54.4 cm³/mol. The first-order chi connectivity index (χ1) is 6.18. The first kappa shape index (κ1) is 19.0. The van der Waals surface area contributed by atoms with Crippen molar-refractivity contribution in [2.45, 2.75) is 13.8 Å². The van der Waals surface area contributed by atoms with Gasteiger partial charge in [-0.1, -0.05) is 19.9 Å². The zero-order valence-electron chi connectivity index (χ0n) is 8.54. The van der Waals surface area contributed by atoms with Gasteiger partial charge in [0.2, 0.25) is 6.41 Å². The lowest BCUT2D eigenvalue weighted by atomic mass is 10.2. The summed E-state index contributed by atoms with van der Waals surface area (Å²) in [6.45, 7) is 7.77. The number of allylic oxidation sites excluding steroid dienone is 1. The molecule has 14 heavy (non-hydrogen) atoms. The van der Waals surface area contributed by atoms with E-state index < -0.39 is 7.82 Å². The van der Waals surface area contributed by atoms with Gasteiger partial charge in [-0.05, 0) is 5.92 Å². The van der Waals surface area contributed by atoms with Gasteiger partial charge in [-0.3, -0.25) is 4.79 Å². The molecule has 0 aliphatic rings. The van der Waals surface area contributed by atoms with Crippen molar-refractivity contribution in [3.05, 3.63) is 12.7 Å². The van der Waals surface area contributed by atoms with Crippen molar-refractivity contribution in [3.8, 4) is 0 Å². The van der Waals surface area contributed by atoms with Gasteiger partial charge in [0.25, 0.3) is 0 Å². The van der Waals surface area contributed by atoms with Gasteiger partial charge in [0, 0.05) is 7.05 Å². The van der Waals surface area contributed by atoms with E-state index in [2.05, 4.69) is 25.7 Å². The van der Waals surface area contributed by atoms with Crippen molar-refractivity contribution in [3.63, 3.8) is 0 Å². The lowest BCUT2D eigenvalue weighted by Crippen LogP contribution is -1.98. The number of phosphoric acid groups is 1. The molecular formula is C7H18NO5P. The van der Waals surface area contributed by atoms with E-state index in [-0.39, 0.29) is 0 Å². The number of amides is 1. The van der Waals surface area contributed by atoms with Gasteiger partial charge >= 0.3 is 7.82 Å². The molecule has 0 saturated carbocycles. The summed E-state index contributed by atoms with van der Waals surface area (Å²) in [5.74, 6) is 0.648. The van der Waals surface area contributed by atoms with E-state index in [1.165, 1.54) is 0 Å². The van der Waals surface area contributed by atoms with Gasteiger partial charge in [0.15, 0.2) is 0 Å². The van der Waals surface area contributed by atoms with Crippen LogP contribution in [0.2, 0.25) is 0 Å². The second kappa shape index (κ2) is 12.3. The molecule has 0 aromatic rings. The molecule has 0 unspecified atom stereocenters. The third-order valence-electron chi connectivity index (χ3n) is 0.589. The first-order valence-electron chi connectivity index (χ1n) is 3.70. The molecule has 0 bridgehead atoms. The van der Waals surface area contributed by atoms with Crippen LogP contribution in [0.25, 0.3) is 0 Å². The van der Waals surface area contributed by atoms with Crippen LogP contribution in [0.1, 0.15) is 13.8 Å². The van der Waals surface area contributed by atoms with Gasteiger partial charge in [-0.25, -0.2) is 4.57 Å². The number of nitrogens with one attached hydrogen (secondary N) is 1. The maximum absolute atomic E-state index is 9.06. The van der Waals surface area contributed by atoms with Crippen LogP contribution in [0.5, 0.6) is 0 Å². The average molecular weight is 227 g/mol. The Bertz CT molecular complexity index is 169. The van der Waals surface area contributed by atoms with Crippen molar-refractivity contribution in [2.24, 2.45) is 5.92 Å². The molecule has 0 radical (unpaired) electrons. The highest BCUT2D eigenvalue weighted by molar-refractivity contribution is 7.45. The van der Waals surface area contributed by atoms with E-state index >= 15 is 0 Å². The average Bonchev–Trinajstić information content (AvgIpc) is 2.02. The molecule has 4 N–H and O–H groups in total. The summed E-state index contributed by atoms with van der Waals surface area (Å²) in [7, 11) is -3.08. The first-order valence-corrected chi connectivity index (χ1v) is 5.27. The van der Waals surface area contributed by atoms with Gasteiger partial charge < -0.3 is 20.0 Å². The van der Waals surface area contributed by atoms with Crippen molar-refractivity contribution in [1.82, 2.24) is 5.32 Å². The second-order valence-electron chi connectivity index (χ2n) is 2.40. The molecule has 0 rings (SSSR count). The Morgan fingerprint density at radius 3 is 1.50 bits per heavy atom. The summed E-state index contributed by atoms with van der Waals surface area (Å²) < 4.78 is 8.88. The molecule has 0 atom stereocenters.